The Morgan fingerprint density at radius 2 is 2.00 bits per heavy atom. The molecule has 1 N–H and O–H groups in total. The van der Waals surface area contributed by atoms with Gasteiger partial charge in [0.25, 0.3) is 0 Å². The molecule has 0 amide bonds. The van der Waals surface area contributed by atoms with Crippen molar-refractivity contribution in [2.24, 2.45) is 5.92 Å². The molecule has 1 aromatic carbocycles. The third-order valence-corrected chi connectivity index (χ3v) is 4.32. The molecule has 1 fully saturated rings. The molecule has 3 nitrogen and oxygen atoms in total. The zero-order valence-corrected chi connectivity index (χ0v) is 13.3. The van der Waals surface area contributed by atoms with Crippen LogP contribution in [0.3, 0.4) is 0 Å². The SMILES string of the molecule is Cc1ccc(NCc2ccc(C3CC3C)o2)cc1N(C)C. The highest BCUT2D eigenvalue weighted by Crippen LogP contribution is 2.47. The fraction of sp³-hybridized carbons (Fsp3) is 0.444. The van der Waals surface area contributed by atoms with Gasteiger partial charge < -0.3 is 14.6 Å². The second-order valence-electron chi connectivity index (χ2n) is 6.37. The van der Waals surface area contributed by atoms with Crippen LogP contribution in [0.1, 0.15) is 36.3 Å². The van der Waals surface area contributed by atoms with Crippen LogP contribution in [0, 0.1) is 12.8 Å². The van der Waals surface area contributed by atoms with Crippen molar-refractivity contribution in [3.05, 3.63) is 47.4 Å². The van der Waals surface area contributed by atoms with Crippen LogP contribution < -0.4 is 10.2 Å². The minimum atomic E-state index is 0.651. The van der Waals surface area contributed by atoms with E-state index < -0.39 is 0 Å². The number of anilines is 2. The third kappa shape index (κ3) is 3.07. The van der Waals surface area contributed by atoms with Gasteiger partial charge >= 0.3 is 0 Å². The Hall–Kier alpha value is -1.90. The predicted molar refractivity (Wildman–Crippen MR) is 88.1 cm³/mol. The van der Waals surface area contributed by atoms with Gasteiger partial charge in [0.15, 0.2) is 0 Å². The van der Waals surface area contributed by atoms with Crippen LogP contribution in [0.5, 0.6) is 0 Å². The highest BCUT2D eigenvalue weighted by Gasteiger charge is 2.36. The summed E-state index contributed by atoms with van der Waals surface area (Å²) in [6, 6.07) is 10.7. The molecule has 2 unspecified atom stereocenters. The fourth-order valence-corrected chi connectivity index (χ4v) is 2.80. The van der Waals surface area contributed by atoms with Gasteiger partial charge in [-0.15, -0.1) is 0 Å². The van der Waals surface area contributed by atoms with E-state index in [9.17, 15) is 0 Å². The highest BCUT2D eigenvalue weighted by molar-refractivity contribution is 5.61. The number of aryl methyl sites for hydroxylation is 1. The summed E-state index contributed by atoms with van der Waals surface area (Å²) < 4.78 is 5.93. The summed E-state index contributed by atoms with van der Waals surface area (Å²) in [6.45, 7) is 5.14. The van der Waals surface area contributed by atoms with Gasteiger partial charge in [-0.2, -0.15) is 0 Å². The molecule has 112 valence electrons. The monoisotopic (exact) mass is 284 g/mol. The van der Waals surface area contributed by atoms with Crippen molar-refractivity contribution in [3.63, 3.8) is 0 Å². The first kappa shape index (κ1) is 14.1. The van der Waals surface area contributed by atoms with Crippen LogP contribution in [-0.2, 0) is 6.54 Å². The number of benzene rings is 1. The van der Waals surface area contributed by atoms with Gasteiger partial charge in [-0.25, -0.2) is 0 Å². The lowest BCUT2D eigenvalue weighted by Crippen LogP contribution is -2.10. The fourth-order valence-electron chi connectivity index (χ4n) is 2.80. The Labute approximate surface area is 127 Å². The van der Waals surface area contributed by atoms with E-state index in [0.717, 1.165) is 29.7 Å². The van der Waals surface area contributed by atoms with E-state index >= 15 is 0 Å². The molecule has 0 aliphatic heterocycles. The Bertz CT molecular complexity index is 630. The van der Waals surface area contributed by atoms with Gasteiger partial charge in [0.05, 0.1) is 6.54 Å². The topological polar surface area (TPSA) is 28.4 Å². The van der Waals surface area contributed by atoms with Gasteiger partial charge in [-0.3, -0.25) is 0 Å². The van der Waals surface area contributed by atoms with Crippen molar-refractivity contribution in [3.8, 4) is 0 Å². The summed E-state index contributed by atoms with van der Waals surface area (Å²) in [5, 5.41) is 3.45. The van der Waals surface area contributed by atoms with Crippen LogP contribution in [-0.4, -0.2) is 14.1 Å². The summed E-state index contributed by atoms with van der Waals surface area (Å²) in [5.41, 5.74) is 3.66. The Morgan fingerprint density at radius 3 is 2.67 bits per heavy atom. The zero-order valence-electron chi connectivity index (χ0n) is 13.3. The van der Waals surface area contributed by atoms with E-state index in [1.807, 2.05) is 0 Å². The average Bonchev–Trinajstić information content (AvgIpc) is 3.00. The summed E-state index contributed by atoms with van der Waals surface area (Å²) in [6.07, 6.45) is 1.27. The lowest BCUT2D eigenvalue weighted by molar-refractivity contribution is 0.468. The Morgan fingerprint density at radius 1 is 1.24 bits per heavy atom. The normalized spacial score (nSPS) is 20.4. The maximum atomic E-state index is 5.93. The summed E-state index contributed by atoms with van der Waals surface area (Å²) in [5.74, 6) is 3.60. The lowest BCUT2D eigenvalue weighted by atomic mass is 10.1. The molecule has 1 saturated carbocycles. The van der Waals surface area contributed by atoms with E-state index in [-0.39, 0.29) is 0 Å². The first-order valence-electron chi connectivity index (χ1n) is 7.65. The van der Waals surface area contributed by atoms with Crippen molar-refractivity contribution in [2.75, 3.05) is 24.3 Å². The Balaban J connectivity index is 1.64. The molecule has 0 radical (unpaired) electrons. The van der Waals surface area contributed by atoms with Gasteiger partial charge in [0, 0.05) is 31.4 Å². The molecule has 3 rings (SSSR count). The number of rotatable bonds is 5. The first-order chi connectivity index (χ1) is 10.0. The first-order valence-corrected chi connectivity index (χ1v) is 7.65. The van der Waals surface area contributed by atoms with Crippen LogP contribution in [0.25, 0.3) is 0 Å². The molecule has 21 heavy (non-hydrogen) atoms. The van der Waals surface area contributed by atoms with Crippen LogP contribution in [0.2, 0.25) is 0 Å². The molecular weight excluding hydrogens is 260 g/mol. The lowest BCUT2D eigenvalue weighted by Gasteiger charge is -2.17. The van der Waals surface area contributed by atoms with Gasteiger partial charge in [0.1, 0.15) is 11.5 Å². The van der Waals surface area contributed by atoms with Crippen LogP contribution in [0.15, 0.2) is 34.7 Å². The largest absolute Gasteiger partial charge is 0.464 e. The van der Waals surface area contributed by atoms with Gasteiger partial charge in [-0.1, -0.05) is 13.0 Å². The van der Waals surface area contributed by atoms with Crippen LogP contribution in [0.4, 0.5) is 11.4 Å². The standard InChI is InChI=1S/C18H24N2O/c1-12-5-6-14(10-17(12)20(3)4)19-11-15-7-8-18(21-15)16-9-13(16)2/h5-8,10,13,16,19H,9,11H2,1-4H3. The smallest absolute Gasteiger partial charge is 0.123 e. The van der Waals surface area contributed by atoms with Crippen molar-refractivity contribution in [1.82, 2.24) is 0 Å². The second-order valence-corrected chi connectivity index (χ2v) is 6.37. The predicted octanol–water partition coefficient (Wildman–Crippen LogP) is 4.39. The number of furan rings is 1. The molecule has 1 heterocycles. The maximum absolute atomic E-state index is 5.93. The second kappa shape index (κ2) is 5.47. The van der Waals surface area contributed by atoms with Crippen LogP contribution >= 0.6 is 0 Å². The van der Waals surface area contributed by atoms with Gasteiger partial charge in [-0.05, 0) is 49.1 Å². The highest BCUT2D eigenvalue weighted by atomic mass is 16.3. The number of nitrogens with zero attached hydrogens (tertiary/aromatic N) is 1. The zero-order chi connectivity index (χ0) is 15.0. The van der Waals surface area contributed by atoms with E-state index in [4.69, 9.17) is 4.42 Å². The van der Waals surface area contributed by atoms with Gasteiger partial charge in [0.2, 0.25) is 0 Å². The molecular formula is C18H24N2O. The quantitative estimate of drug-likeness (QED) is 0.882. The summed E-state index contributed by atoms with van der Waals surface area (Å²) >= 11 is 0. The Kier molecular flexibility index (Phi) is 3.66. The molecule has 0 spiro atoms. The minimum Gasteiger partial charge on any atom is -0.464 e. The summed E-state index contributed by atoms with van der Waals surface area (Å²) in [4.78, 5) is 2.14. The molecule has 3 heteroatoms. The van der Waals surface area contributed by atoms with E-state index in [1.54, 1.807) is 0 Å². The molecule has 1 aromatic heterocycles. The van der Waals surface area contributed by atoms with Crippen molar-refractivity contribution in [2.45, 2.75) is 32.7 Å². The molecule has 1 aliphatic carbocycles. The molecule has 0 bridgehead atoms. The van der Waals surface area contributed by atoms with Crippen molar-refractivity contribution < 1.29 is 4.42 Å². The van der Waals surface area contributed by atoms with E-state index in [0.29, 0.717) is 5.92 Å². The maximum Gasteiger partial charge on any atom is 0.123 e. The average molecular weight is 284 g/mol. The van der Waals surface area contributed by atoms with E-state index in [2.05, 4.69) is 68.5 Å². The summed E-state index contributed by atoms with van der Waals surface area (Å²) in [7, 11) is 4.14. The van der Waals surface area contributed by atoms with Crippen molar-refractivity contribution in [1.29, 1.82) is 0 Å². The third-order valence-electron chi connectivity index (χ3n) is 4.32. The van der Waals surface area contributed by atoms with E-state index in [1.165, 1.54) is 17.7 Å². The van der Waals surface area contributed by atoms with Crippen molar-refractivity contribution >= 4 is 11.4 Å². The molecule has 1 aliphatic rings. The number of hydrogen-bond donors (Lipinski definition) is 1. The number of nitrogens with one attached hydrogen (secondary N) is 1. The molecule has 2 atom stereocenters. The molecule has 2 aromatic rings. The number of hydrogen-bond acceptors (Lipinski definition) is 3. The minimum absolute atomic E-state index is 0.651. The molecule has 0 saturated heterocycles.